The third-order valence-corrected chi connectivity index (χ3v) is 2.89. The lowest BCUT2D eigenvalue weighted by Gasteiger charge is -2.05. The van der Waals surface area contributed by atoms with Crippen molar-refractivity contribution in [2.24, 2.45) is 0 Å². The summed E-state index contributed by atoms with van der Waals surface area (Å²) in [4.78, 5) is 14.5. The lowest BCUT2D eigenvalue weighted by molar-refractivity contribution is -0.126. The molecule has 0 saturated carbocycles. The fourth-order valence-corrected chi connectivity index (χ4v) is 1.85. The van der Waals surface area contributed by atoms with Crippen molar-refractivity contribution in [3.05, 3.63) is 30.1 Å². The molecule has 8 heteroatoms. The van der Waals surface area contributed by atoms with Crippen molar-refractivity contribution < 1.29 is 18.4 Å². The molecule has 0 unspecified atom stereocenters. The molecule has 1 aromatic heterocycles. The normalized spacial score (nSPS) is 11.1. The first-order valence-electron chi connectivity index (χ1n) is 4.32. The average molecular weight is 245 g/mol. The van der Waals surface area contributed by atoms with Gasteiger partial charge in [0.25, 0.3) is 5.91 Å². The van der Waals surface area contributed by atoms with Gasteiger partial charge in [0.05, 0.1) is 0 Å². The standard InChI is InChI=1S/C8H11N3O4S/c12-8(11-13)6-16(14,15)10-5-7-2-1-3-9-4-7/h1-4,10,13H,5-6H2,(H,11,12). The first kappa shape index (κ1) is 12.6. The summed E-state index contributed by atoms with van der Waals surface area (Å²) >= 11 is 0. The van der Waals surface area contributed by atoms with Crippen LogP contribution in [0.2, 0.25) is 0 Å². The summed E-state index contributed by atoms with van der Waals surface area (Å²) in [5, 5.41) is 8.18. The van der Waals surface area contributed by atoms with Crippen LogP contribution >= 0.6 is 0 Å². The molecule has 0 aliphatic heterocycles. The van der Waals surface area contributed by atoms with Crippen LogP contribution in [0.15, 0.2) is 24.5 Å². The molecule has 88 valence electrons. The highest BCUT2D eigenvalue weighted by Gasteiger charge is 2.15. The van der Waals surface area contributed by atoms with Gasteiger partial charge in [0, 0.05) is 18.9 Å². The number of aromatic nitrogens is 1. The second kappa shape index (κ2) is 5.54. The highest BCUT2D eigenvalue weighted by Crippen LogP contribution is 1.96. The van der Waals surface area contributed by atoms with Crippen molar-refractivity contribution in [1.82, 2.24) is 15.2 Å². The highest BCUT2D eigenvalue weighted by molar-refractivity contribution is 7.90. The Morgan fingerprint density at radius 2 is 2.25 bits per heavy atom. The molecule has 1 amide bonds. The third-order valence-electron chi connectivity index (χ3n) is 1.66. The van der Waals surface area contributed by atoms with Crippen LogP contribution in [0.3, 0.4) is 0 Å². The van der Waals surface area contributed by atoms with Gasteiger partial charge in [-0.05, 0) is 11.6 Å². The highest BCUT2D eigenvalue weighted by atomic mass is 32.2. The van der Waals surface area contributed by atoms with Crippen LogP contribution < -0.4 is 10.2 Å². The zero-order chi connectivity index (χ0) is 12.0. The van der Waals surface area contributed by atoms with E-state index in [-0.39, 0.29) is 6.54 Å². The van der Waals surface area contributed by atoms with E-state index in [2.05, 4.69) is 9.71 Å². The number of hydroxylamine groups is 1. The van der Waals surface area contributed by atoms with Crippen molar-refractivity contribution in [1.29, 1.82) is 0 Å². The fraction of sp³-hybridized carbons (Fsp3) is 0.250. The summed E-state index contributed by atoms with van der Waals surface area (Å²) in [5.74, 6) is -1.80. The van der Waals surface area contributed by atoms with Crippen LogP contribution in [-0.2, 0) is 21.4 Å². The van der Waals surface area contributed by atoms with Crippen LogP contribution in [0.4, 0.5) is 0 Å². The first-order valence-corrected chi connectivity index (χ1v) is 5.98. The first-order chi connectivity index (χ1) is 7.53. The van der Waals surface area contributed by atoms with E-state index in [0.717, 1.165) is 0 Å². The molecule has 1 rings (SSSR count). The predicted octanol–water partition coefficient (Wildman–Crippen LogP) is -0.994. The maximum absolute atomic E-state index is 11.3. The van der Waals surface area contributed by atoms with Gasteiger partial charge in [-0.15, -0.1) is 0 Å². The van der Waals surface area contributed by atoms with Crippen molar-refractivity contribution >= 4 is 15.9 Å². The Balaban J connectivity index is 2.52. The van der Waals surface area contributed by atoms with Crippen LogP contribution in [0.5, 0.6) is 0 Å². The number of hydrogen-bond donors (Lipinski definition) is 3. The number of nitrogens with zero attached hydrogens (tertiary/aromatic N) is 1. The molecule has 0 aromatic carbocycles. The van der Waals surface area contributed by atoms with E-state index in [9.17, 15) is 13.2 Å². The number of sulfonamides is 1. The molecule has 7 nitrogen and oxygen atoms in total. The molecule has 0 fully saturated rings. The van der Waals surface area contributed by atoms with Crippen molar-refractivity contribution in [2.75, 3.05) is 5.75 Å². The predicted molar refractivity (Wildman–Crippen MR) is 54.8 cm³/mol. The largest absolute Gasteiger partial charge is 0.289 e. The van der Waals surface area contributed by atoms with E-state index in [1.54, 1.807) is 18.3 Å². The molecule has 0 radical (unpaired) electrons. The van der Waals surface area contributed by atoms with E-state index in [0.29, 0.717) is 5.56 Å². The number of carbonyl (C=O) groups is 1. The molecule has 1 heterocycles. The second-order valence-corrected chi connectivity index (χ2v) is 4.78. The average Bonchev–Trinajstić information content (AvgIpc) is 2.27. The van der Waals surface area contributed by atoms with E-state index in [1.807, 2.05) is 0 Å². The fourth-order valence-electron chi connectivity index (χ4n) is 0.952. The molecule has 0 aliphatic rings. The van der Waals surface area contributed by atoms with Crippen LogP contribution in [-0.4, -0.2) is 30.3 Å². The van der Waals surface area contributed by atoms with E-state index in [4.69, 9.17) is 5.21 Å². The van der Waals surface area contributed by atoms with Gasteiger partial charge < -0.3 is 0 Å². The van der Waals surface area contributed by atoms with E-state index in [1.165, 1.54) is 11.7 Å². The zero-order valence-corrected chi connectivity index (χ0v) is 9.07. The van der Waals surface area contributed by atoms with Crippen molar-refractivity contribution in [3.63, 3.8) is 0 Å². The lowest BCUT2D eigenvalue weighted by Crippen LogP contribution is -2.34. The molecular weight excluding hydrogens is 234 g/mol. The Kier molecular flexibility index (Phi) is 4.35. The summed E-state index contributed by atoms with van der Waals surface area (Å²) < 4.78 is 24.7. The van der Waals surface area contributed by atoms with Crippen molar-refractivity contribution in [2.45, 2.75) is 6.54 Å². The SMILES string of the molecule is O=C(CS(=O)(=O)NCc1cccnc1)NO. The Hall–Kier alpha value is -1.51. The molecule has 1 aromatic rings. The van der Waals surface area contributed by atoms with Gasteiger partial charge in [-0.1, -0.05) is 6.07 Å². The maximum Gasteiger partial charge on any atom is 0.259 e. The third kappa shape index (κ3) is 4.34. The number of hydrogen-bond acceptors (Lipinski definition) is 5. The zero-order valence-electron chi connectivity index (χ0n) is 8.25. The van der Waals surface area contributed by atoms with Gasteiger partial charge >= 0.3 is 0 Å². The Morgan fingerprint density at radius 3 is 2.81 bits per heavy atom. The summed E-state index contributed by atoms with van der Waals surface area (Å²) in [7, 11) is -3.74. The van der Waals surface area contributed by atoms with Gasteiger partial charge in [-0.25, -0.2) is 18.6 Å². The minimum Gasteiger partial charge on any atom is -0.289 e. The summed E-state index contributed by atoms with van der Waals surface area (Å²) in [5.41, 5.74) is 1.93. The topological polar surface area (TPSA) is 108 Å². The van der Waals surface area contributed by atoms with Crippen molar-refractivity contribution in [3.8, 4) is 0 Å². The minimum atomic E-state index is -3.74. The smallest absolute Gasteiger partial charge is 0.259 e. The van der Waals surface area contributed by atoms with Gasteiger partial charge in [0.15, 0.2) is 0 Å². The molecule has 0 bridgehead atoms. The molecule has 0 aliphatic carbocycles. The van der Waals surface area contributed by atoms with Crippen LogP contribution in [0, 0.1) is 0 Å². The Bertz CT molecular complexity index is 446. The van der Waals surface area contributed by atoms with E-state index < -0.39 is 21.7 Å². The Labute approximate surface area is 92.5 Å². The molecular formula is C8H11N3O4S. The molecule has 3 N–H and O–H groups in total. The second-order valence-electron chi connectivity index (χ2n) is 2.98. The van der Waals surface area contributed by atoms with Gasteiger partial charge in [0.2, 0.25) is 10.0 Å². The maximum atomic E-state index is 11.3. The molecule has 16 heavy (non-hydrogen) atoms. The Morgan fingerprint density at radius 1 is 1.50 bits per heavy atom. The summed E-state index contributed by atoms with van der Waals surface area (Å²) in [6.45, 7) is 0.0505. The summed E-state index contributed by atoms with van der Waals surface area (Å²) in [6, 6.07) is 3.37. The number of rotatable bonds is 5. The molecule has 0 spiro atoms. The summed E-state index contributed by atoms with van der Waals surface area (Å²) in [6.07, 6.45) is 3.08. The van der Waals surface area contributed by atoms with E-state index >= 15 is 0 Å². The van der Waals surface area contributed by atoms with Gasteiger partial charge in [-0.2, -0.15) is 0 Å². The molecule has 0 atom stereocenters. The van der Waals surface area contributed by atoms with Gasteiger partial charge in [0.1, 0.15) is 5.75 Å². The monoisotopic (exact) mass is 245 g/mol. The minimum absolute atomic E-state index is 0.0505. The number of nitrogens with one attached hydrogen (secondary N) is 2. The quantitative estimate of drug-likeness (QED) is 0.456. The van der Waals surface area contributed by atoms with Crippen LogP contribution in [0.1, 0.15) is 5.56 Å². The number of carbonyl (C=O) groups excluding carboxylic acids is 1. The van der Waals surface area contributed by atoms with Gasteiger partial charge in [-0.3, -0.25) is 15.0 Å². The number of pyridine rings is 1. The molecule has 0 saturated heterocycles. The van der Waals surface area contributed by atoms with Crippen LogP contribution in [0.25, 0.3) is 0 Å². The number of amides is 1. The lowest BCUT2D eigenvalue weighted by atomic mass is 10.3.